The molecule has 3 rings (SSSR count). The Morgan fingerprint density at radius 1 is 1.00 bits per heavy atom. The number of nitrogen functional groups attached to an aromatic ring is 1. The maximum atomic E-state index is 6.11. The molecule has 5 nitrogen and oxygen atoms in total. The second-order valence-electron chi connectivity index (χ2n) is 4.67. The van der Waals surface area contributed by atoms with Gasteiger partial charge in [0.15, 0.2) is 11.6 Å². The molecule has 0 aliphatic rings. The summed E-state index contributed by atoms with van der Waals surface area (Å²) in [7, 11) is 0. The molecule has 0 radical (unpaired) electrons. The first-order valence-corrected chi connectivity index (χ1v) is 6.88. The van der Waals surface area contributed by atoms with Gasteiger partial charge < -0.3 is 16.4 Å². The molecule has 106 valence electrons. The van der Waals surface area contributed by atoms with Gasteiger partial charge in [0, 0.05) is 17.6 Å². The van der Waals surface area contributed by atoms with E-state index >= 15 is 0 Å². The van der Waals surface area contributed by atoms with Gasteiger partial charge in [0.2, 0.25) is 0 Å². The fourth-order valence-corrected chi connectivity index (χ4v) is 2.27. The molecule has 0 aliphatic heterocycles. The molecule has 1 aromatic heterocycles. The monoisotopic (exact) mass is 279 g/mol. The van der Waals surface area contributed by atoms with Gasteiger partial charge in [-0.05, 0) is 18.4 Å². The lowest BCUT2D eigenvalue weighted by molar-refractivity contribution is 1.12. The Kier molecular flexibility index (Phi) is 3.55. The first-order valence-electron chi connectivity index (χ1n) is 6.88. The van der Waals surface area contributed by atoms with Crippen LogP contribution in [0.15, 0.2) is 48.8 Å². The minimum Gasteiger partial charge on any atom is -0.393 e. The number of benzene rings is 2. The van der Waals surface area contributed by atoms with Crippen molar-refractivity contribution in [2.24, 2.45) is 0 Å². The first-order chi connectivity index (χ1) is 10.3. The van der Waals surface area contributed by atoms with Crippen LogP contribution in [0.25, 0.3) is 10.8 Å². The topological polar surface area (TPSA) is 75.9 Å². The lowest BCUT2D eigenvalue weighted by Crippen LogP contribution is -2.07. The highest BCUT2D eigenvalue weighted by atomic mass is 15.1. The zero-order chi connectivity index (χ0) is 14.7. The molecule has 0 unspecified atom stereocenters. The quantitative estimate of drug-likeness (QED) is 0.682. The van der Waals surface area contributed by atoms with Gasteiger partial charge in [-0.3, -0.25) is 0 Å². The van der Waals surface area contributed by atoms with E-state index in [0.29, 0.717) is 17.3 Å². The number of hydrogen-bond donors (Lipinski definition) is 3. The first kappa shape index (κ1) is 13.2. The van der Waals surface area contributed by atoms with Crippen molar-refractivity contribution in [2.75, 3.05) is 22.9 Å². The summed E-state index contributed by atoms with van der Waals surface area (Å²) < 4.78 is 0. The van der Waals surface area contributed by atoms with Crippen LogP contribution in [0.3, 0.4) is 0 Å². The lowest BCUT2D eigenvalue weighted by atomic mass is 10.1. The number of aromatic nitrogens is 2. The molecule has 1 heterocycles. The van der Waals surface area contributed by atoms with Gasteiger partial charge in [0.1, 0.15) is 12.0 Å². The number of nitrogens with zero attached hydrogens (tertiary/aromatic N) is 2. The van der Waals surface area contributed by atoms with Gasteiger partial charge >= 0.3 is 0 Å². The molecule has 4 N–H and O–H groups in total. The van der Waals surface area contributed by atoms with Gasteiger partial charge in [-0.1, -0.05) is 36.4 Å². The molecule has 0 saturated heterocycles. The summed E-state index contributed by atoms with van der Waals surface area (Å²) in [5, 5.41) is 8.72. The standard InChI is InChI=1S/C16H17N5/c1-2-18-15-14(17)16(20-10-19-15)21-13-9-5-7-11-6-3-4-8-12(11)13/h3-10H,2,17H2,1H3,(H2,18,19,20,21). The number of anilines is 4. The predicted octanol–water partition coefficient (Wildman–Crippen LogP) is 3.39. The number of rotatable bonds is 4. The third-order valence-corrected chi connectivity index (χ3v) is 3.27. The van der Waals surface area contributed by atoms with Crippen molar-refractivity contribution in [3.8, 4) is 0 Å². The molecule has 0 saturated carbocycles. The molecular weight excluding hydrogens is 262 g/mol. The van der Waals surface area contributed by atoms with Crippen molar-refractivity contribution >= 4 is 33.8 Å². The highest BCUT2D eigenvalue weighted by Crippen LogP contribution is 2.29. The minimum absolute atomic E-state index is 0.521. The third-order valence-electron chi connectivity index (χ3n) is 3.27. The van der Waals surface area contributed by atoms with Crippen LogP contribution < -0.4 is 16.4 Å². The molecular formula is C16H17N5. The van der Waals surface area contributed by atoms with E-state index in [1.54, 1.807) is 0 Å². The molecule has 0 aliphatic carbocycles. The highest BCUT2D eigenvalue weighted by molar-refractivity contribution is 5.96. The van der Waals surface area contributed by atoms with E-state index in [0.717, 1.165) is 17.6 Å². The van der Waals surface area contributed by atoms with E-state index in [1.165, 1.54) is 11.7 Å². The van der Waals surface area contributed by atoms with Crippen molar-refractivity contribution in [3.05, 3.63) is 48.8 Å². The molecule has 5 heteroatoms. The summed E-state index contributed by atoms with van der Waals surface area (Å²) >= 11 is 0. The minimum atomic E-state index is 0.521. The van der Waals surface area contributed by atoms with Crippen molar-refractivity contribution in [1.29, 1.82) is 0 Å². The van der Waals surface area contributed by atoms with Crippen LogP contribution in [0, 0.1) is 0 Å². The summed E-state index contributed by atoms with van der Waals surface area (Å²) in [5.41, 5.74) is 7.61. The van der Waals surface area contributed by atoms with E-state index < -0.39 is 0 Å². The summed E-state index contributed by atoms with van der Waals surface area (Å²) in [6.07, 6.45) is 1.50. The fourth-order valence-electron chi connectivity index (χ4n) is 2.27. The Balaban J connectivity index is 2.01. The van der Waals surface area contributed by atoms with E-state index in [9.17, 15) is 0 Å². The Bertz CT molecular complexity index is 764. The van der Waals surface area contributed by atoms with Crippen LogP contribution in [0.1, 0.15) is 6.92 Å². The average molecular weight is 279 g/mol. The van der Waals surface area contributed by atoms with Gasteiger partial charge in [-0.25, -0.2) is 9.97 Å². The fraction of sp³-hybridized carbons (Fsp3) is 0.125. The normalized spacial score (nSPS) is 10.5. The smallest absolute Gasteiger partial charge is 0.159 e. The maximum Gasteiger partial charge on any atom is 0.159 e. The van der Waals surface area contributed by atoms with Crippen LogP contribution in [0.2, 0.25) is 0 Å². The second kappa shape index (κ2) is 5.66. The number of fused-ring (bicyclic) bond motifs is 1. The van der Waals surface area contributed by atoms with Crippen molar-refractivity contribution < 1.29 is 0 Å². The third kappa shape index (κ3) is 2.58. The van der Waals surface area contributed by atoms with Crippen molar-refractivity contribution in [3.63, 3.8) is 0 Å². The van der Waals surface area contributed by atoms with Crippen molar-refractivity contribution in [1.82, 2.24) is 9.97 Å². The SMILES string of the molecule is CCNc1ncnc(Nc2cccc3ccccc23)c1N. The molecule has 2 aromatic carbocycles. The van der Waals surface area contributed by atoms with E-state index in [4.69, 9.17) is 5.73 Å². The number of nitrogens with two attached hydrogens (primary N) is 1. The maximum absolute atomic E-state index is 6.11. The Labute approximate surface area is 123 Å². The van der Waals surface area contributed by atoms with Crippen LogP contribution in [-0.2, 0) is 0 Å². The molecule has 0 fully saturated rings. The predicted molar refractivity (Wildman–Crippen MR) is 87.8 cm³/mol. The van der Waals surface area contributed by atoms with Gasteiger partial charge in [-0.2, -0.15) is 0 Å². The number of hydrogen-bond acceptors (Lipinski definition) is 5. The van der Waals surface area contributed by atoms with Gasteiger partial charge in [0.25, 0.3) is 0 Å². The zero-order valence-electron chi connectivity index (χ0n) is 11.8. The number of nitrogens with one attached hydrogen (secondary N) is 2. The Morgan fingerprint density at radius 2 is 1.76 bits per heavy atom. The molecule has 0 amide bonds. The molecule has 0 bridgehead atoms. The van der Waals surface area contributed by atoms with E-state index in [2.05, 4.69) is 38.8 Å². The molecule has 0 atom stereocenters. The largest absolute Gasteiger partial charge is 0.393 e. The van der Waals surface area contributed by atoms with Crippen LogP contribution >= 0.6 is 0 Å². The summed E-state index contributed by atoms with van der Waals surface area (Å²) in [4.78, 5) is 8.38. The summed E-state index contributed by atoms with van der Waals surface area (Å²) in [5.74, 6) is 1.26. The molecule has 3 aromatic rings. The van der Waals surface area contributed by atoms with Crippen molar-refractivity contribution in [2.45, 2.75) is 6.92 Å². The Morgan fingerprint density at radius 3 is 2.62 bits per heavy atom. The highest BCUT2D eigenvalue weighted by Gasteiger charge is 2.08. The zero-order valence-corrected chi connectivity index (χ0v) is 11.8. The average Bonchev–Trinajstić information content (AvgIpc) is 2.52. The van der Waals surface area contributed by atoms with Crippen LogP contribution in [0.4, 0.5) is 23.0 Å². The van der Waals surface area contributed by atoms with Gasteiger partial charge in [-0.15, -0.1) is 0 Å². The summed E-state index contributed by atoms with van der Waals surface area (Å²) in [6, 6.07) is 14.3. The van der Waals surface area contributed by atoms with Gasteiger partial charge in [0.05, 0.1) is 0 Å². The molecule has 21 heavy (non-hydrogen) atoms. The van der Waals surface area contributed by atoms with E-state index in [1.807, 2.05) is 31.2 Å². The lowest BCUT2D eigenvalue weighted by Gasteiger charge is -2.13. The van der Waals surface area contributed by atoms with Crippen LogP contribution in [0.5, 0.6) is 0 Å². The van der Waals surface area contributed by atoms with E-state index in [-0.39, 0.29) is 0 Å². The summed E-state index contributed by atoms with van der Waals surface area (Å²) in [6.45, 7) is 2.76. The van der Waals surface area contributed by atoms with Crippen LogP contribution in [-0.4, -0.2) is 16.5 Å². The molecule has 0 spiro atoms. The Hall–Kier alpha value is -2.82. The second-order valence-corrected chi connectivity index (χ2v) is 4.67.